The monoisotopic (exact) mass is 429 g/mol. The molecular weight excluding hydrogens is 390 g/mol. The number of piperidine rings is 1. The molecule has 172 valence electrons. The summed E-state index contributed by atoms with van der Waals surface area (Å²) < 4.78 is 5.32. The summed E-state index contributed by atoms with van der Waals surface area (Å²) >= 11 is 0. The molecule has 31 heavy (non-hydrogen) atoms. The molecule has 3 amide bonds. The number of hydrogen-bond donors (Lipinski definition) is 0. The van der Waals surface area contributed by atoms with Gasteiger partial charge in [0.2, 0.25) is 0 Å². The maximum atomic E-state index is 13.7. The molecule has 0 N–H and O–H groups in total. The summed E-state index contributed by atoms with van der Waals surface area (Å²) in [6.45, 7) is 14.7. The van der Waals surface area contributed by atoms with Gasteiger partial charge in [-0.15, -0.1) is 0 Å². The smallest absolute Gasteiger partial charge is 0.327 e. The van der Waals surface area contributed by atoms with E-state index in [1.54, 1.807) is 7.11 Å². The molecule has 0 unspecified atom stereocenters. The van der Waals surface area contributed by atoms with E-state index < -0.39 is 5.54 Å². The number of carbonyl (C=O) groups is 2. The Morgan fingerprint density at radius 2 is 1.81 bits per heavy atom. The van der Waals surface area contributed by atoms with E-state index in [0.29, 0.717) is 31.8 Å². The lowest BCUT2D eigenvalue weighted by molar-refractivity contribution is -0.136. The third-order valence-corrected chi connectivity index (χ3v) is 6.41. The highest BCUT2D eigenvalue weighted by molar-refractivity contribution is 6.07. The number of rotatable bonds is 7. The molecule has 0 aromatic heterocycles. The second kappa shape index (κ2) is 9.19. The minimum absolute atomic E-state index is 0.0283. The number of methoxy groups -OCH3 is 1. The number of amides is 3. The Kier molecular flexibility index (Phi) is 6.99. The highest BCUT2D eigenvalue weighted by atomic mass is 16.5. The third kappa shape index (κ3) is 5.22. The lowest BCUT2D eigenvalue weighted by atomic mass is 9.84. The lowest BCUT2D eigenvalue weighted by Gasteiger charge is -2.43. The summed E-state index contributed by atoms with van der Waals surface area (Å²) in [6, 6.07) is 7.47. The SMILES string of the molecule is COc1cccc(CN2C(=O)N(CCC(C)C)C3(CCN(CC(C)(C)C)CC3)C2=O)c1. The number of nitrogens with zero attached hydrogens (tertiary/aromatic N) is 3. The van der Waals surface area contributed by atoms with Crippen LogP contribution >= 0.6 is 0 Å². The molecule has 0 aliphatic carbocycles. The van der Waals surface area contributed by atoms with Crippen LogP contribution in [0, 0.1) is 11.3 Å². The van der Waals surface area contributed by atoms with Crippen LogP contribution in [0.15, 0.2) is 24.3 Å². The Morgan fingerprint density at radius 1 is 1.13 bits per heavy atom. The highest BCUT2D eigenvalue weighted by Gasteiger charge is 2.57. The minimum atomic E-state index is -0.695. The lowest BCUT2D eigenvalue weighted by Crippen LogP contribution is -2.57. The van der Waals surface area contributed by atoms with Gasteiger partial charge in [-0.05, 0) is 48.3 Å². The van der Waals surface area contributed by atoms with Crippen molar-refractivity contribution in [2.24, 2.45) is 11.3 Å². The van der Waals surface area contributed by atoms with Crippen LogP contribution in [-0.4, -0.2) is 65.5 Å². The molecule has 3 rings (SSSR count). The van der Waals surface area contributed by atoms with E-state index in [-0.39, 0.29) is 17.4 Å². The van der Waals surface area contributed by atoms with Gasteiger partial charge in [-0.25, -0.2) is 4.79 Å². The number of hydrogen-bond acceptors (Lipinski definition) is 4. The Hall–Kier alpha value is -2.08. The van der Waals surface area contributed by atoms with E-state index in [9.17, 15) is 9.59 Å². The van der Waals surface area contributed by atoms with E-state index in [2.05, 4.69) is 39.5 Å². The van der Waals surface area contributed by atoms with Crippen LogP contribution in [0.3, 0.4) is 0 Å². The molecule has 0 bridgehead atoms. The molecule has 2 heterocycles. The van der Waals surface area contributed by atoms with E-state index >= 15 is 0 Å². The highest BCUT2D eigenvalue weighted by Crippen LogP contribution is 2.39. The van der Waals surface area contributed by atoms with Gasteiger partial charge >= 0.3 is 6.03 Å². The van der Waals surface area contributed by atoms with Gasteiger partial charge in [-0.3, -0.25) is 9.69 Å². The zero-order chi connectivity index (χ0) is 22.8. The van der Waals surface area contributed by atoms with Crippen molar-refractivity contribution in [3.63, 3.8) is 0 Å². The topological polar surface area (TPSA) is 53.1 Å². The van der Waals surface area contributed by atoms with Crippen molar-refractivity contribution in [3.8, 4) is 5.75 Å². The van der Waals surface area contributed by atoms with Crippen molar-refractivity contribution in [3.05, 3.63) is 29.8 Å². The fraction of sp³-hybridized carbons (Fsp3) is 0.680. The van der Waals surface area contributed by atoms with Crippen LogP contribution < -0.4 is 4.74 Å². The summed E-state index contributed by atoms with van der Waals surface area (Å²) in [6.07, 6.45) is 2.32. The van der Waals surface area contributed by atoms with Gasteiger partial charge in [0.1, 0.15) is 11.3 Å². The van der Waals surface area contributed by atoms with Gasteiger partial charge in [-0.2, -0.15) is 0 Å². The molecule has 6 heteroatoms. The van der Waals surface area contributed by atoms with Crippen molar-refractivity contribution in [2.45, 2.75) is 66.0 Å². The second-order valence-corrected chi connectivity index (χ2v) is 10.7. The number of carbonyl (C=O) groups excluding carboxylic acids is 2. The standard InChI is InChI=1S/C25H39N3O3/c1-19(2)10-13-28-23(30)27(17-20-8-7-9-21(16-20)31-6)22(29)25(28)11-14-26(15-12-25)18-24(3,4)5/h7-9,16,19H,10-15,17-18H2,1-6H3. The molecule has 2 aliphatic rings. The number of urea groups is 1. The molecule has 0 saturated carbocycles. The Bertz CT molecular complexity index is 791. The molecule has 2 aliphatic heterocycles. The average molecular weight is 430 g/mol. The molecule has 0 radical (unpaired) electrons. The van der Waals surface area contributed by atoms with Crippen molar-refractivity contribution in [1.29, 1.82) is 0 Å². The quantitative estimate of drug-likeness (QED) is 0.604. The van der Waals surface area contributed by atoms with Gasteiger partial charge < -0.3 is 14.5 Å². The van der Waals surface area contributed by atoms with Gasteiger partial charge in [-0.1, -0.05) is 46.8 Å². The molecular formula is C25H39N3O3. The van der Waals surface area contributed by atoms with Crippen LogP contribution in [0.2, 0.25) is 0 Å². The molecule has 0 atom stereocenters. The third-order valence-electron chi connectivity index (χ3n) is 6.41. The molecule has 1 spiro atoms. The second-order valence-electron chi connectivity index (χ2n) is 10.7. The van der Waals surface area contributed by atoms with Crippen LogP contribution in [0.25, 0.3) is 0 Å². The molecule has 1 aromatic rings. The fourth-order valence-electron chi connectivity index (χ4n) is 4.81. The first-order valence-electron chi connectivity index (χ1n) is 11.5. The van der Waals surface area contributed by atoms with E-state index in [4.69, 9.17) is 4.74 Å². The first-order chi connectivity index (χ1) is 14.6. The Morgan fingerprint density at radius 3 is 2.39 bits per heavy atom. The number of benzene rings is 1. The average Bonchev–Trinajstić information content (AvgIpc) is 2.88. The fourth-order valence-corrected chi connectivity index (χ4v) is 4.81. The number of likely N-dealkylation sites (tertiary alicyclic amines) is 1. The first-order valence-corrected chi connectivity index (χ1v) is 11.5. The Labute approximate surface area is 187 Å². The molecule has 2 fully saturated rings. The van der Waals surface area contributed by atoms with E-state index in [1.165, 1.54) is 4.90 Å². The van der Waals surface area contributed by atoms with Gasteiger partial charge in [0, 0.05) is 26.2 Å². The van der Waals surface area contributed by atoms with Gasteiger partial charge in [0.25, 0.3) is 5.91 Å². The van der Waals surface area contributed by atoms with Crippen molar-refractivity contribution < 1.29 is 14.3 Å². The van der Waals surface area contributed by atoms with Gasteiger partial charge in [0.05, 0.1) is 13.7 Å². The Balaban J connectivity index is 1.82. The predicted molar refractivity (Wildman–Crippen MR) is 123 cm³/mol. The summed E-state index contributed by atoms with van der Waals surface area (Å²) in [5.74, 6) is 1.19. The van der Waals surface area contributed by atoms with Crippen LogP contribution in [0.1, 0.15) is 59.4 Å². The summed E-state index contributed by atoms with van der Waals surface area (Å²) in [5.41, 5.74) is 0.432. The van der Waals surface area contributed by atoms with Crippen LogP contribution in [-0.2, 0) is 11.3 Å². The van der Waals surface area contributed by atoms with Crippen molar-refractivity contribution >= 4 is 11.9 Å². The summed E-state index contributed by atoms with van der Waals surface area (Å²) in [5, 5.41) is 0. The number of ether oxygens (including phenoxy) is 1. The first kappa shape index (κ1) is 23.6. The molecule has 1 aromatic carbocycles. The zero-order valence-electron chi connectivity index (χ0n) is 20.1. The van der Waals surface area contributed by atoms with Crippen LogP contribution in [0.4, 0.5) is 4.79 Å². The molecule has 6 nitrogen and oxygen atoms in total. The normalized spacial score (nSPS) is 19.7. The minimum Gasteiger partial charge on any atom is -0.497 e. The maximum absolute atomic E-state index is 13.7. The summed E-state index contributed by atoms with van der Waals surface area (Å²) in [7, 11) is 1.62. The van der Waals surface area contributed by atoms with E-state index in [0.717, 1.165) is 37.4 Å². The van der Waals surface area contributed by atoms with Gasteiger partial charge in [0.15, 0.2) is 0 Å². The molecule has 2 saturated heterocycles. The van der Waals surface area contributed by atoms with Crippen LogP contribution in [0.5, 0.6) is 5.75 Å². The largest absolute Gasteiger partial charge is 0.497 e. The maximum Gasteiger partial charge on any atom is 0.327 e. The summed E-state index contributed by atoms with van der Waals surface area (Å²) in [4.78, 5) is 33.0. The van der Waals surface area contributed by atoms with E-state index in [1.807, 2.05) is 29.2 Å². The van der Waals surface area contributed by atoms with Crippen molar-refractivity contribution in [2.75, 3.05) is 33.3 Å². The zero-order valence-corrected chi connectivity index (χ0v) is 20.1. The number of imide groups is 1. The predicted octanol–water partition coefficient (Wildman–Crippen LogP) is 4.39. The van der Waals surface area contributed by atoms with Crippen molar-refractivity contribution in [1.82, 2.24) is 14.7 Å².